The zero-order valence-electron chi connectivity index (χ0n) is 10.7. The maximum Gasteiger partial charge on any atom is 0.0585 e. The molecule has 0 fully saturated rings. The van der Waals surface area contributed by atoms with Gasteiger partial charge in [-0.25, -0.2) is 0 Å². The number of hydrogen-bond donors (Lipinski definition) is 2. The van der Waals surface area contributed by atoms with Gasteiger partial charge in [-0.1, -0.05) is 19.4 Å². The Labute approximate surface area is 105 Å². The van der Waals surface area contributed by atoms with E-state index in [9.17, 15) is 5.11 Å². The third-order valence-corrected chi connectivity index (χ3v) is 3.36. The minimum Gasteiger partial charge on any atom is -0.395 e. The van der Waals surface area contributed by atoms with Crippen LogP contribution >= 0.6 is 11.8 Å². The molecule has 0 saturated carbocycles. The molecular weight excluding hydrogens is 218 g/mol. The normalized spacial score (nSPS) is 14.7. The summed E-state index contributed by atoms with van der Waals surface area (Å²) in [5.41, 5.74) is 0. The van der Waals surface area contributed by atoms with Crippen LogP contribution in [0.2, 0.25) is 0 Å². The van der Waals surface area contributed by atoms with Crippen LogP contribution in [0, 0.1) is 0 Å². The summed E-state index contributed by atoms with van der Waals surface area (Å²) < 4.78 is 0. The molecule has 2 unspecified atom stereocenters. The number of thioether (sulfide) groups is 1. The van der Waals surface area contributed by atoms with Crippen LogP contribution < -0.4 is 5.32 Å². The number of hydrogen-bond acceptors (Lipinski definition) is 3. The van der Waals surface area contributed by atoms with Crippen LogP contribution in [0.25, 0.3) is 0 Å². The zero-order chi connectivity index (χ0) is 12.2. The Morgan fingerprint density at radius 3 is 2.56 bits per heavy atom. The Morgan fingerprint density at radius 1 is 1.31 bits per heavy atom. The molecule has 2 nitrogen and oxygen atoms in total. The first-order valence-electron chi connectivity index (χ1n) is 6.25. The van der Waals surface area contributed by atoms with Crippen LogP contribution in [0.3, 0.4) is 0 Å². The van der Waals surface area contributed by atoms with Crippen molar-refractivity contribution in [2.75, 3.05) is 18.6 Å². The lowest BCUT2D eigenvalue weighted by atomic mass is 10.0. The van der Waals surface area contributed by atoms with Crippen LogP contribution in [0.15, 0.2) is 12.7 Å². The molecule has 0 aliphatic carbocycles. The minimum absolute atomic E-state index is 0.245. The van der Waals surface area contributed by atoms with Gasteiger partial charge in [0, 0.05) is 12.1 Å². The fraction of sp³-hybridized carbons (Fsp3) is 0.846. The number of nitrogens with one attached hydrogen (secondary N) is 1. The second-order valence-electron chi connectivity index (χ2n) is 4.18. The summed E-state index contributed by atoms with van der Waals surface area (Å²) in [4.78, 5) is 0. The van der Waals surface area contributed by atoms with Gasteiger partial charge in [0.05, 0.1) is 6.61 Å². The number of aliphatic hydroxyl groups excluding tert-OH is 1. The number of aliphatic hydroxyl groups is 1. The lowest BCUT2D eigenvalue weighted by Crippen LogP contribution is -2.40. The fourth-order valence-corrected chi connectivity index (χ4v) is 2.32. The zero-order valence-corrected chi connectivity index (χ0v) is 11.6. The Kier molecular flexibility index (Phi) is 11.5. The van der Waals surface area contributed by atoms with Crippen molar-refractivity contribution >= 4 is 11.8 Å². The van der Waals surface area contributed by atoms with E-state index in [-0.39, 0.29) is 12.6 Å². The van der Waals surface area contributed by atoms with E-state index in [0.29, 0.717) is 6.04 Å². The predicted octanol–water partition coefficient (Wildman–Crippen LogP) is 2.82. The summed E-state index contributed by atoms with van der Waals surface area (Å²) in [6.45, 7) is 6.21. The fourth-order valence-electron chi connectivity index (χ4n) is 1.80. The van der Waals surface area contributed by atoms with E-state index in [1.54, 1.807) is 0 Å². The van der Waals surface area contributed by atoms with Gasteiger partial charge >= 0.3 is 0 Å². The van der Waals surface area contributed by atoms with Crippen LogP contribution in [0.5, 0.6) is 0 Å². The molecule has 0 rings (SSSR count). The minimum atomic E-state index is 0.245. The average molecular weight is 245 g/mol. The largest absolute Gasteiger partial charge is 0.395 e. The maximum absolute atomic E-state index is 9.30. The second-order valence-corrected chi connectivity index (χ2v) is 5.16. The Morgan fingerprint density at radius 2 is 2.06 bits per heavy atom. The molecule has 2 atom stereocenters. The van der Waals surface area contributed by atoms with Gasteiger partial charge in [0.1, 0.15) is 0 Å². The summed E-state index contributed by atoms with van der Waals surface area (Å²) >= 11 is 1.84. The quantitative estimate of drug-likeness (QED) is 0.549. The van der Waals surface area contributed by atoms with Crippen molar-refractivity contribution in [3.63, 3.8) is 0 Å². The molecule has 16 heavy (non-hydrogen) atoms. The van der Waals surface area contributed by atoms with Gasteiger partial charge in [-0.3, -0.25) is 0 Å². The molecule has 0 aliphatic rings. The molecule has 0 radical (unpaired) electrons. The second kappa shape index (κ2) is 11.5. The molecule has 0 aromatic rings. The smallest absolute Gasteiger partial charge is 0.0585 e. The van der Waals surface area contributed by atoms with E-state index in [1.807, 2.05) is 17.8 Å². The highest BCUT2D eigenvalue weighted by atomic mass is 32.2. The molecule has 0 heterocycles. The summed E-state index contributed by atoms with van der Waals surface area (Å²) in [7, 11) is 0. The highest BCUT2D eigenvalue weighted by Crippen LogP contribution is 2.09. The summed E-state index contributed by atoms with van der Waals surface area (Å²) in [5, 5.41) is 12.9. The van der Waals surface area contributed by atoms with Crippen molar-refractivity contribution < 1.29 is 5.11 Å². The highest BCUT2D eigenvalue weighted by Gasteiger charge is 2.13. The highest BCUT2D eigenvalue weighted by molar-refractivity contribution is 7.98. The van der Waals surface area contributed by atoms with Crippen LogP contribution in [-0.4, -0.2) is 35.8 Å². The monoisotopic (exact) mass is 245 g/mol. The summed E-state index contributed by atoms with van der Waals surface area (Å²) in [6, 6.07) is 0.788. The van der Waals surface area contributed by atoms with Gasteiger partial charge < -0.3 is 10.4 Å². The van der Waals surface area contributed by atoms with Crippen LogP contribution in [-0.2, 0) is 0 Å². The lowest BCUT2D eigenvalue weighted by Gasteiger charge is -2.24. The number of allylic oxidation sites excluding steroid dienone is 1. The summed E-state index contributed by atoms with van der Waals surface area (Å²) in [6.07, 6.45) is 9.69. The number of rotatable bonds is 11. The predicted molar refractivity (Wildman–Crippen MR) is 75.1 cm³/mol. The molecule has 0 aromatic carbocycles. The van der Waals surface area contributed by atoms with Gasteiger partial charge in [0.25, 0.3) is 0 Å². The van der Waals surface area contributed by atoms with Crippen molar-refractivity contribution in [2.45, 2.75) is 51.1 Å². The molecule has 0 amide bonds. The molecule has 0 spiro atoms. The molecule has 2 N–H and O–H groups in total. The van der Waals surface area contributed by atoms with E-state index in [2.05, 4.69) is 25.1 Å². The average Bonchev–Trinajstić information content (AvgIpc) is 2.31. The van der Waals surface area contributed by atoms with Crippen molar-refractivity contribution in [3.8, 4) is 0 Å². The van der Waals surface area contributed by atoms with Gasteiger partial charge in [0.2, 0.25) is 0 Å². The molecule has 0 aliphatic heterocycles. The SMILES string of the molecule is C=CCCC(CCC)NC(CO)CCSC. The standard InChI is InChI=1S/C13H27NOS/c1-4-6-8-12(7-5-2)14-13(11-15)9-10-16-3/h4,12-15H,1,5-11H2,2-3H3. The Hall–Kier alpha value is 0.0100. The molecule has 3 heteroatoms. The molecule has 0 bridgehead atoms. The van der Waals surface area contributed by atoms with Crippen molar-refractivity contribution in [3.05, 3.63) is 12.7 Å². The Bertz CT molecular complexity index is 164. The lowest BCUT2D eigenvalue weighted by molar-refractivity contribution is 0.223. The van der Waals surface area contributed by atoms with Crippen LogP contribution in [0.4, 0.5) is 0 Å². The molecule has 0 aromatic heterocycles. The van der Waals surface area contributed by atoms with Gasteiger partial charge in [-0.2, -0.15) is 11.8 Å². The summed E-state index contributed by atoms with van der Waals surface area (Å²) in [5.74, 6) is 1.11. The first kappa shape index (κ1) is 16.0. The van der Waals surface area contributed by atoms with E-state index in [0.717, 1.165) is 25.0 Å². The van der Waals surface area contributed by atoms with E-state index in [1.165, 1.54) is 12.8 Å². The first-order valence-corrected chi connectivity index (χ1v) is 7.64. The molecular formula is C13H27NOS. The van der Waals surface area contributed by atoms with Crippen molar-refractivity contribution in [1.29, 1.82) is 0 Å². The topological polar surface area (TPSA) is 32.3 Å². The van der Waals surface area contributed by atoms with Gasteiger partial charge in [0.15, 0.2) is 0 Å². The molecule has 0 saturated heterocycles. The molecule has 96 valence electrons. The van der Waals surface area contributed by atoms with Gasteiger partial charge in [-0.15, -0.1) is 6.58 Å². The maximum atomic E-state index is 9.30. The first-order chi connectivity index (χ1) is 7.78. The van der Waals surface area contributed by atoms with Crippen LogP contribution in [0.1, 0.15) is 39.0 Å². The van der Waals surface area contributed by atoms with E-state index < -0.39 is 0 Å². The Balaban J connectivity index is 3.94. The van der Waals surface area contributed by atoms with Gasteiger partial charge in [-0.05, 0) is 37.7 Å². The van der Waals surface area contributed by atoms with Crippen molar-refractivity contribution in [1.82, 2.24) is 5.32 Å². The van der Waals surface area contributed by atoms with E-state index in [4.69, 9.17) is 0 Å². The third kappa shape index (κ3) is 8.20. The van der Waals surface area contributed by atoms with Crippen molar-refractivity contribution in [2.24, 2.45) is 0 Å². The third-order valence-electron chi connectivity index (χ3n) is 2.72. The van der Waals surface area contributed by atoms with E-state index >= 15 is 0 Å².